The van der Waals surface area contributed by atoms with Crippen molar-refractivity contribution >= 4 is 5.96 Å². The second kappa shape index (κ2) is 8.59. The highest BCUT2D eigenvalue weighted by atomic mass is 15.2. The summed E-state index contributed by atoms with van der Waals surface area (Å²) in [7, 11) is 0. The van der Waals surface area contributed by atoms with E-state index in [0.717, 1.165) is 32.1 Å². The number of guanidine groups is 1. The van der Waals surface area contributed by atoms with Crippen LogP contribution in [0.25, 0.3) is 0 Å². The number of likely N-dealkylation sites (N-methyl/N-ethyl adjacent to an activating group) is 1. The van der Waals surface area contributed by atoms with Crippen LogP contribution < -0.4 is 11.1 Å². The average Bonchev–Trinajstić information content (AvgIpc) is 2.92. The zero-order valence-corrected chi connectivity index (χ0v) is 13.9. The van der Waals surface area contributed by atoms with Crippen LogP contribution in [0.1, 0.15) is 39.5 Å². The van der Waals surface area contributed by atoms with Gasteiger partial charge in [0.15, 0.2) is 5.96 Å². The Bertz CT molecular complexity index is 331. The number of rotatable bonds is 6. The lowest BCUT2D eigenvalue weighted by molar-refractivity contribution is 0.187. The van der Waals surface area contributed by atoms with Gasteiger partial charge in [0, 0.05) is 25.7 Å². The van der Waals surface area contributed by atoms with E-state index in [1.54, 1.807) is 0 Å². The molecule has 21 heavy (non-hydrogen) atoms. The number of nitrogens with zero attached hydrogens (tertiary/aromatic N) is 3. The Hall–Kier alpha value is -0.810. The van der Waals surface area contributed by atoms with Crippen molar-refractivity contribution in [3.63, 3.8) is 0 Å². The van der Waals surface area contributed by atoms with Gasteiger partial charge < -0.3 is 16.0 Å². The third-order valence-corrected chi connectivity index (χ3v) is 4.85. The summed E-state index contributed by atoms with van der Waals surface area (Å²) in [5.74, 6) is 1.45. The summed E-state index contributed by atoms with van der Waals surface area (Å²) >= 11 is 0. The Morgan fingerprint density at radius 3 is 2.86 bits per heavy atom. The zero-order valence-electron chi connectivity index (χ0n) is 13.9. The fourth-order valence-corrected chi connectivity index (χ4v) is 3.61. The van der Waals surface area contributed by atoms with E-state index in [1.165, 1.54) is 45.3 Å². The van der Waals surface area contributed by atoms with Crippen molar-refractivity contribution in [2.45, 2.75) is 45.6 Å². The lowest BCUT2D eigenvalue weighted by Crippen LogP contribution is -2.42. The van der Waals surface area contributed by atoms with Gasteiger partial charge in [0.2, 0.25) is 0 Å². The van der Waals surface area contributed by atoms with Crippen LogP contribution in [0.5, 0.6) is 0 Å². The molecule has 0 radical (unpaired) electrons. The van der Waals surface area contributed by atoms with Gasteiger partial charge >= 0.3 is 0 Å². The van der Waals surface area contributed by atoms with Crippen molar-refractivity contribution in [3.8, 4) is 0 Å². The molecule has 2 fully saturated rings. The fourth-order valence-electron chi connectivity index (χ4n) is 3.61. The van der Waals surface area contributed by atoms with Crippen LogP contribution in [0.15, 0.2) is 4.99 Å². The van der Waals surface area contributed by atoms with Crippen molar-refractivity contribution in [1.82, 2.24) is 15.1 Å². The van der Waals surface area contributed by atoms with Gasteiger partial charge in [-0.3, -0.25) is 9.89 Å². The van der Waals surface area contributed by atoms with E-state index in [2.05, 4.69) is 34.0 Å². The largest absolute Gasteiger partial charge is 0.370 e. The smallest absolute Gasteiger partial charge is 0.188 e. The molecule has 2 rings (SSSR count). The predicted molar refractivity (Wildman–Crippen MR) is 89.6 cm³/mol. The summed E-state index contributed by atoms with van der Waals surface area (Å²) in [6.45, 7) is 12.2. The Balaban J connectivity index is 1.62. The van der Waals surface area contributed by atoms with Gasteiger partial charge in [-0.25, -0.2) is 0 Å². The van der Waals surface area contributed by atoms with Crippen molar-refractivity contribution in [2.24, 2.45) is 16.6 Å². The van der Waals surface area contributed by atoms with Gasteiger partial charge in [0.25, 0.3) is 0 Å². The third-order valence-electron chi connectivity index (χ3n) is 4.85. The molecule has 5 heteroatoms. The van der Waals surface area contributed by atoms with Crippen LogP contribution in [0.3, 0.4) is 0 Å². The number of likely N-dealkylation sites (tertiary alicyclic amines) is 2. The minimum atomic E-state index is 0.596. The predicted octanol–water partition coefficient (Wildman–Crippen LogP) is 1.11. The molecule has 0 spiro atoms. The molecule has 122 valence electrons. The molecule has 2 aliphatic heterocycles. The highest BCUT2D eigenvalue weighted by Crippen LogP contribution is 2.16. The molecule has 0 aromatic heterocycles. The second-order valence-electron chi connectivity index (χ2n) is 6.63. The van der Waals surface area contributed by atoms with Crippen molar-refractivity contribution < 1.29 is 0 Å². The number of piperidine rings is 1. The number of nitrogens with two attached hydrogens (primary N) is 1. The SMILES string of the molecule is CCN1CCCC1CN=C(N)NCCN1CCCC(C)C1. The zero-order chi connectivity index (χ0) is 15.1. The molecule has 2 heterocycles. The van der Waals surface area contributed by atoms with Crippen LogP contribution >= 0.6 is 0 Å². The van der Waals surface area contributed by atoms with Crippen LogP contribution in [-0.2, 0) is 0 Å². The van der Waals surface area contributed by atoms with Gasteiger partial charge in [-0.05, 0) is 51.2 Å². The van der Waals surface area contributed by atoms with E-state index in [1.807, 2.05) is 0 Å². The van der Waals surface area contributed by atoms with Crippen LogP contribution in [0, 0.1) is 5.92 Å². The van der Waals surface area contributed by atoms with E-state index in [-0.39, 0.29) is 0 Å². The van der Waals surface area contributed by atoms with Crippen LogP contribution in [0.2, 0.25) is 0 Å². The van der Waals surface area contributed by atoms with Gasteiger partial charge in [0.1, 0.15) is 0 Å². The molecule has 0 aliphatic carbocycles. The highest BCUT2D eigenvalue weighted by Gasteiger charge is 2.22. The maximum atomic E-state index is 5.98. The fraction of sp³-hybridized carbons (Fsp3) is 0.938. The average molecular weight is 295 g/mol. The quantitative estimate of drug-likeness (QED) is 0.569. The summed E-state index contributed by atoms with van der Waals surface area (Å²) in [6, 6.07) is 0.596. The number of nitrogens with one attached hydrogen (secondary N) is 1. The molecule has 2 atom stereocenters. The van der Waals surface area contributed by atoms with Gasteiger partial charge in [-0.1, -0.05) is 13.8 Å². The molecular formula is C16H33N5. The molecule has 2 unspecified atom stereocenters. The monoisotopic (exact) mass is 295 g/mol. The highest BCUT2D eigenvalue weighted by molar-refractivity contribution is 5.77. The number of hydrogen-bond acceptors (Lipinski definition) is 3. The molecule has 0 saturated carbocycles. The molecule has 3 N–H and O–H groups in total. The molecule has 5 nitrogen and oxygen atoms in total. The van der Waals surface area contributed by atoms with Gasteiger partial charge in [-0.15, -0.1) is 0 Å². The van der Waals surface area contributed by atoms with Crippen molar-refractivity contribution in [1.29, 1.82) is 0 Å². The number of aliphatic imine (C=N–C) groups is 1. The Kier molecular flexibility index (Phi) is 6.77. The second-order valence-corrected chi connectivity index (χ2v) is 6.63. The van der Waals surface area contributed by atoms with E-state index in [9.17, 15) is 0 Å². The minimum Gasteiger partial charge on any atom is -0.370 e. The van der Waals surface area contributed by atoms with E-state index in [0.29, 0.717) is 12.0 Å². The third kappa shape index (κ3) is 5.47. The topological polar surface area (TPSA) is 56.9 Å². The first-order chi connectivity index (χ1) is 10.2. The molecule has 2 saturated heterocycles. The molecule has 2 aliphatic rings. The first kappa shape index (κ1) is 16.6. The van der Waals surface area contributed by atoms with E-state index in [4.69, 9.17) is 5.73 Å². The molecule has 0 aromatic carbocycles. The summed E-state index contributed by atoms with van der Waals surface area (Å²) in [5.41, 5.74) is 5.98. The Morgan fingerprint density at radius 2 is 2.10 bits per heavy atom. The van der Waals surface area contributed by atoms with Crippen molar-refractivity contribution in [3.05, 3.63) is 0 Å². The Labute approximate surface area is 130 Å². The number of hydrogen-bond donors (Lipinski definition) is 2. The lowest BCUT2D eigenvalue weighted by atomic mass is 10.0. The summed E-state index contributed by atoms with van der Waals surface area (Å²) in [6.07, 6.45) is 5.27. The molecule has 0 amide bonds. The lowest BCUT2D eigenvalue weighted by Gasteiger charge is -2.30. The molecular weight excluding hydrogens is 262 g/mol. The van der Waals surface area contributed by atoms with E-state index >= 15 is 0 Å². The standard InChI is InChI=1S/C16H33N5/c1-3-21-10-5-7-15(21)12-19-16(17)18-8-11-20-9-4-6-14(2)13-20/h14-15H,3-13H2,1-2H3,(H3,17,18,19). The van der Waals surface area contributed by atoms with Gasteiger partial charge in [-0.2, -0.15) is 0 Å². The molecule has 0 aromatic rings. The first-order valence-corrected chi connectivity index (χ1v) is 8.69. The Morgan fingerprint density at radius 1 is 1.29 bits per heavy atom. The summed E-state index contributed by atoms with van der Waals surface area (Å²) in [4.78, 5) is 9.56. The maximum absolute atomic E-state index is 5.98. The minimum absolute atomic E-state index is 0.596. The van der Waals surface area contributed by atoms with Crippen LogP contribution in [0.4, 0.5) is 0 Å². The van der Waals surface area contributed by atoms with E-state index < -0.39 is 0 Å². The molecule has 0 bridgehead atoms. The van der Waals surface area contributed by atoms with Crippen LogP contribution in [-0.4, -0.2) is 67.6 Å². The summed E-state index contributed by atoms with van der Waals surface area (Å²) in [5, 5.41) is 3.27. The normalized spacial score (nSPS) is 29.0. The van der Waals surface area contributed by atoms with Gasteiger partial charge in [0.05, 0.1) is 6.54 Å². The summed E-state index contributed by atoms with van der Waals surface area (Å²) < 4.78 is 0. The maximum Gasteiger partial charge on any atom is 0.188 e. The van der Waals surface area contributed by atoms with Crippen molar-refractivity contribution in [2.75, 3.05) is 45.8 Å². The first-order valence-electron chi connectivity index (χ1n) is 8.69.